The van der Waals surface area contributed by atoms with Crippen molar-refractivity contribution in [2.75, 3.05) is 33.0 Å². The van der Waals surface area contributed by atoms with Crippen LogP contribution in [0, 0.1) is 6.92 Å². The normalized spacial score (nSPS) is 28.6. The van der Waals surface area contributed by atoms with Gasteiger partial charge in [-0.05, 0) is 32.3 Å². The van der Waals surface area contributed by atoms with Crippen LogP contribution in [0.4, 0.5) is 0 Å². The quantitative estimate of drug-likeness (QED) is 0.833. The zero-order valence-electron chi connectivity index (χ0n) is 14.5. The fourth-order valence-corrected chi connectivity index (χ4v) is 4.40. The second-order valence-corrected chi connectivity index (χ2v) is 7.44. The van der Waals surface area contributed by atoms with Crippen molar-refractivity contribution in [3.8, 4) is 0 Å². The van der Waals surface area contributed by atoms with Crippen LogP contribution in [-0.4, -0.2) is 59.1 Å². The van der Waals surface area contributed by atoms with E-state index in [2.05, 4.69) is 11.6 Å². The van der Waals surface area contributed by atoms with Crippen molar-refractivity contribution in [2.24, 2.45) is 0 Å². The molecular weight excluding hydrogens is 306 g/mol. The molecule has 1 saturated carbocycles. The van der Waals surface area contributed by atoms with Crippen LogP contribution in [0.3, 0.4) is 0 Å². The monoisotopic (exact) mass is 333 g/mol. The molecule has 0 aromatic carbocycles. The van der Waals surface area contributed by atoms with Crippen LogP contribution in [0.5, 0.6) is 0 Å². The number of carbonyl (C=O) groups is 1. The molecule has 132 valence electrons. The summed E-state index contributed by atoms with van der Waals surface area (Å²) in [5, 5.41) is 4.71. The fourth-order valence-electron chi connectivity index (χ4n) is 4.40. The van der Waals surface area contributed by atoms with Gasteiger partial charge in [-0.25, -0.2) is 0 Å². The maximum atomic E-state index is 13.1. The molecule has 6 nitrogen and oxygen atoms in total. The molecule has 1 aromatic heterocycles. The van der Waals surface area contributed by atoms with Crippen molar-refractivity contribution in [2.45, 2.75) is 57.0 Å². The predicted molar refractivity (Wildman–Crippen MR) is 89.1 cm³/mol. The molecular formula is C18H27N3O3. The summed E-state index contributed by atoms with van der Waals surface area (Å²) in [5.41, 5.74) is 1.37. The molecule has 1 spiro atoms. The summed E-state index contributed by atoms with van der Waals surface area (Å²) >= 11 is 0. The van der Waals surface area contributed by atoms with Crippen LogP contribution in [0.1, 0.15) is 60.7 Å². The second-order valence-electron chi connectivity index (χ2n) is 7.44. The SMILES string of the molecule is Cc1cc(C(=O)N2CCOCC23CCOC3)nn1C1CCCCC1. The van der Waals surface area contributed by atoms with E-state index in [1.54, 1.807) is 0 Å². The van der Waals surface area contributed by atoms with Crippen molar-refractivity contribution in [1.82, 2.24) is 14.7 Å². The first-order valence-corrected chi connectivity index (χ1v) is 9.23. The number of amides is 1. The standard InChI is InChI=1S/C18H27N3O3/c1-14-11-16(19-21(14)15-5-3-2-4-6-15)17(22)20-8-10-24-13-18(20)7-9-23-12-18/h11,15H,2-10,12-13H2,1H3. The molecule has 3 fully saturated rings. The average Bonchev–Trinajstić information content (AvgIpc) is 3.23. The maximum Gasteiger partial charge on any atom is 0.275 e. The summed E-state index contributed by atoms with van der Waals surface area (Å²) in [7, 11) is 0. The van der Waals surface area contributed by atoms with Crippen molar-refractivity contribution in [3.05, 3.63) is 17.5 Å². The minimum atomic E-state index is -0.294. The number of aryl methyl sites for hydroxylation is 1. The van der Waals surface area contributed by atoms with Crippen LogP contribution in [0.25, 0.3) is 0 Å². The van der Waals surface area contributed by atoms with E-state index in [9.17, 15) is 4.79 Å². The maximum absolute atomic E-state index is 13.1. The third-order valence-corrected chi connectivity index (χ3v) is 5.79. The van der Waals surface area contributed by atoms with Gasteiger partial charge in [0.2, 0.25) is 0 Å². The number of nitrogens with zero attached hydrogens (tertiary/aromatic N) is 3. The van der Waals surface area contributed by atoms with Gasteiger partial charge >= 0.3 is 0 Å². The molecule has 0 radical (unpaired) electrons. The average molecular weight is 333 g/mol. The molecule has 2 saturated heterocycles. The van der Waals surface area contributed by atoms with E-state index in [1.807, 2.05) is 11.0 Å². The lowest BCUT2D eigenvalue weighted by Gasteiger charge is -2.43. The van der Waals surface area contributed by atoms with E-state index >= 15 is 0 Å². The zero-order valence-corrected chi connectivity index (χ0v) is 14.5. The number of hydrogen-bond donors (Lipinski definition) is 0. The first kappa shape index (κ1) is 16.1. The van der Waals surface area contributed by atoms with E-state index in [0.717, 1.165) is 12.1 Å². The minimum Gasteiger partial charge on any atom is -0.379 e. The second kappa shape index (κ2) is 6.48. The lowest BCUT2D eigenvalue weighted by molar-refractivity contribution is -0.0553. The Balaban J connectivity index is 1.57. The molecule has 0 bridgehead atoms. The number of carbonyl (C=O) groups excluding carboxylic acids is 1. The van der Waals surface area contributed by atoms with Crippen molar-refractivity contribution in [3.63, 3.8) is 0 Å². The van der Waals surface area contributed by atoms with Crippen molar-refractivity contribution < 1.29 is 14.3 Å². The highest BCUT2D eigenvalue weighted by molar-refractivity contribution is 5.93. The highest BCUT2D eigenvalue weighted by atomic mass is 16.5. The van der Waals surface area contributed by atoms with E-state index < -0.39 is 0 Å². The van der Waals surface area contributed by atoms with Crippen molar-refractivity contribution in [1.29, 1.82) is 0 Å². The summed E-state index contributed by atoms with van der Waals surface area (Å²) in [5.74, 6) is 0.0291. The summed E-state index contributed by atoms with van der Waals surface area (Å²) < 4.78 is 13.3. The number of aromatic nitrogens is 2. The van der Waals surface area contributed by atoms with E-state index in [-0.39, 0.29) is 11.4 Å². The van der Waals surface area contributed by atoms with Crippen LogP contribution in [-0.2, 0) is 9.47 Å². The van der Waals surface area contributed by atoms with Gasteiger partial charge in [0.25, 0.3) is 5.91 Å². The number of rotatable bonds is 2. The van der Waals surface area contributed by atoms with E-state index in [1.165, 1.54) is 32.1 Å². The van der Waals surface area contributed by atoms with Crippen LogP contribution >= 0.6 is 0 Å². The van der Waals surface area contributed by atoms with E-state index in [4.69, 9.17) is 14.6 Å². The highest BCUT2D eigenvalue weighted by Gasteiger charge is 2.46. The third-order valence-electron chi connectivity index (χ3n) is 5.79. The van der Waals surface area contributed by atoms with Gasteiger partial charge in [0.1, 0.15) is 0 Å². The smallest absolute Gasteiger partial charge is 0.275 e. The Morgan fingerprint density at radius 1 is 1.21 bits per heavy atom. The number of ether oxygens (including phenoxy) is 2. The van der Waals surface area contributed by atoms with Gasteiger partial charge in [0.05, 0.1) is 31.4 Å². The van der Waals surface area contributed by atoms with Gasteiger partial charge in [0.15, 0.2) is 5.69 Å². The lowest BCUT2D eigenvalue weighted by atomic mass is 9.95. The van der Waals surface area contributed by atoms with E-state index in [0.29, 0.717) is 44.7 Å². The first-order chi connectivity index (χ1) is 11.7. The summed E-state index contributed by atoms with van der Waals surface area (Å²) in [6, 6.07) is 2.41. The minimum absolute atomic E-state index is 0.0291. The Kier molecular flexibility index (Phi) is 4.35. The Labute approximate surface area is 143 Å². The molecule has 1 aromatic rings. The molecule has 1 atom stereocenters. The Morgan fingerprint density at radius 2 is 1.96 bits per heavy atom. The van der Waals surface area contributed by atoms with Gasteiger partial charge in [-0.2, -0.15) is 5.10 Å². The van der Waals surface area contributed by atoms with Crippen LogP contribution < -0.4 is 0 Å². The topological polar surface area (TPSA) is 56.6 Å². The molecule has 24 heavy (non-hydrogen) atoms. The first-order valence-electron chi connectivity index (χ1n) is 9.23. The summed E-state index contributed by atoms with van der Waals surface area (Å²) in [6.07, 6.45) is 7.03. The highest BCUT2D eigenvalue weighted by Crippen LogP contribution is 2.32. The Morgan fingerprint density at radius 3 is 2.71 bits per heavy atom. The molecule has 1 amide bonds. The summed E-state index contributed by atoms with van der Waals surface area (Å²) in [6.45, 7) is 5.12. The molecule has 6 heteroatoms. The van der Waals surface area contributed by atoms with Gasteiger partial charge < -0.3 is 14.4 Å². The molecule has 1 unspecified atom stereocenters. The predicted octanol–water partition coefficient (Wildman–Crippen LogP) is 2.33. The Bertz CT molecular complexity index is 601. The van der Waals surface area contributed by atoms with Crippen LogP contribution in [0.15, 0.2) is 6.07 Å². The van der Waals surface area contributed by atoms with Gasteiger partial charge in [-0.15, -0.1) is 0 Å². The number of hydrogen-bond acceptors (Lipinski definition) is 4. The Hall–Kier alpha value is -1.40. The van der Waals surface area contributed by atoms with Crippen LogP contribution in [0.2, 0.25) is 0 Å². The molecule has 3 aliphatic rings. The molecule has 1 aliphatic carbocycles. The number of morpholine rings is 1. The van der Waals surface area contributed by atoms with Gasteiger partial charge in [-0.1, -0.05) is 19.3 Å². The molecule has 2 aliphatic heterocycles. The largest absolute Gasteiger partial charge is 0.379 e. The fraction of sp³-hybridized carbons (Fsp3) is 0.778. The van der Waals surface area contributed by atoms with Gasteiger partial charge in [0, 0.05) is 18.8 Å². The zero-order chi connectivity index (χ0) is 16.6. The third kappa shape index (κ3) is 2.75. The summed E-state index contributed by atoms with van der Waals surface area (Å²) in [4.78, 5) is 15.1. The van der Waals surface area contributed by atoms with Gasteiger partial charge in [-0.3, -0.25) is 9.48 Å². The molecule has 0 N–H and O–H groups in total. The molecule has 4 rings (SSSR count). The van der Waals surface area contributed by atoms with Crippen molar-refractivity contribution >= 4 is 5.91 Å². The lowest BCUT2D eigenvalue weighted by Crippen LogP contribution is -2.59. The molecule has 3 heterocycles.